The minimum Gasteiger partial charge on any atom is -0.378 e. The predicted octanol–water partition coefficient (Wildman–Crippen LogP) is 3.29. The topological polar surface area (TPSA) is 44.4 Å². The minimum absolute atomic E-state index is 0.00675. The Bertz CT molecular complexity index is 688. The average molecular weight is 301 g/mol. The van der Waals surface area contributed by atoms with Gasteiger partial charge in [-0.05, 0) is 37.1 Å². The number of nitrogens with one attached hydrogen (secondary N) is 2. The fourth-order valence-corrected chi connectivity index (χ4v) is 3.59. The molecule has 0 aliphatic carbocycles. The Morgan fingerprint density at radius 3 is 2.38 bits per heavy atom. The maximum absolute atomic E-state index is 12.3. The molecule has 1 aromatic carbocycles. The van der Waals surface area contributed by atoms with Gasteiger partial charge in [0.05, 0.1) is 5.56 Å². The molecule has 0 saturated carbocycles. The summed E-state index contributed by atoms with van der Waals surface area (Å²) in [6, 6.07) is 8.21. The number of fused-ring (bicyclic) bond motifs is 1. The van der Waals surface area contributed by atoms with Gasteiger partial charge in [0.25, 0.3) is 5.91 Å². The second-order valence-corrected chi connectivity index (χ2v) is 6.75. The van der Waals surface area contributed by atoms with Crippen LogP contribution in [0.5, 0.6) is 0 Å². The van der Waals surface area contributed by atoms with Gasteiger partial charge < -0.3 is 15.5 Å². The molecule has 0 unspecified atom stereocenters. The van der Waals surface area contributed by atoms with Gasteiger partial charge in [-0.3, -0.25) is 4.79 Å². The van der Waals surface area contributed by atoms with Gasteiger partial charge in [-0.2, -0.15) is 0 Å². The van der Waals surface area contributed by atoms with Crippen LogP contribution in [-0.2, 0) is 0 Å². The van der Waals surface area contributed by atoms with Crippen LogP contribution in [0.3, 0.4) is 0 Å². The molecule has 0 bridgehead atoms. The molecule has 0 fully saturated rings. The molecule has 21 heavy (non-hydrogen) atoms. The van der Waals surface area contributed by atoms with E-state index in [1.807, 2.05) is 40.1 Å². The van der Waals surface area contributed by atoms with E-state index in [2.05, 4.69) is 27.7 Å². The summed E-state index contributed by atoms with van der Waals surface area (Å²) in [5.41, 5.74) is 4.06. The summed E-state index contributed by atoms with van der Waals surface area (Å²) in [6.07, 6.45) is -0.168. The second kappa shape index (κ2) is 5.07. The first-order valence-electron chi connectivity index (χ1n) is 6.92. The molecule has 1 aliphatic heterocycles. The molecule has 1 aliphatic rings. The van der Waals surface area contributed by atoms with E-state index in [-0.39, 0.29) is 12.1 Å². The number of benzene rings is 1. The number of carbonyl (C=O) groups excluding carboxylic acids is 1. The zero-order valence-corrected chi connectivity index (χ0v) is 13.5. The van der Waals surface area contributed by atoms with E-state index in [9.17, 15) is 4.79 Å². The number of thiophene rings is 1. The lowest BCUT2D eigenvalue weighted by Crippen LogP contribution is -2.38. The van der Waals surface area contributed by atoms with Crippen molar-refractivity contribution in [3.63, 3.8) is 0 Å². The van der Waals surface area contributed by atoms with Crippen molar-refractivity contribution in [1.29, 1.82) is 0 Å². The van der Waals surface area contributed by atoms with Crippen molar-refractivity contribution < 1.29 is 4.79 Å². The van der Waals surface area contributed by atoms with Gasteiger partial charge in [-0.25, -0.2) is 0 Å². The molecule has 2 N–H and O–H groups in total. The molecule has 4 nitrogen and oxygen atoms in total. The molecule has 2 heterocycles. The molecule has 0 radical (unpaired) electrons. The smallest absolute Gasteiger partial charge is 0.256 e. The fourth-order valence-electron chi connectivity index (χ4n) is 2.50. The summed E-state index contributed by atoms with van der Waals surface area (Å²) < 4.78 is 0. The summed E-state index contributed by atoms with van der Waals surface area (Å²) in [5.74, 6) is 0.00675. The van der Waals surface area contributed by atoms with E-state index in [1.165, 1.54) is 4.88 Å². The summed E-state index contributed by atoms with van der Waals surface area (Å²) in [5, 5.41) is 7.43. The van der Waals surface area contributed by atoms with Gasteiger partial charge in [0, 0.05) is 24.7 Å². The van der Waals surface area contributed by atoms with Crippen LogP contribution in [0.4, 0.5) is 10.7 Å². The van der Waals surface area contributed by atoms with E-state index in [4.69, 9.17) is 0 Å². The summed E-state index contributed by atoms with van der Waals surface area (Å²) >= 11 is 1.65. The monoisotopic (exact) mass is 301 g/mol. The highest BCUT2D eigenvalue weighted by atomic mass is 32.1. The summed E-state index contributed by atoms with van der Waals surface area (Å²) in [6.45, 7) is 4.05. The van der Waals surface area contributed by atoms with Crippen molar-refractivity contribution in [2.45, 2.75) is 20.0 Å². The first-order valence-corrected chi connectivity index (χ1v) is 7.73. The number of hydrogen-bond donors (Lipinski definition) is 2. The molecule has 110 valence electrons. The van der Waals surface area contributed by atoms with Crippen molar-refractivity contribution in [3.05, 3.63) is 45.8 Å². The molecular weight excluding hydrogens is 282 g/mol. The van der Waals surface area contributed by atoms with Crippen LogP contribution in [0.2, 0.25) is 0 Å². The third-order valence-electron chi connectivity index (χ3n) is 3.91. The van der Waals surface area contributed by atoms with E-state index in [1.54, 1.807) is 11.3 Å². The molecule has 3 rings (SSSR count). The van der Waals surface area contributed by atoms with Gasteiger partial charge >= 0.3 is 0 Å². The minimum atomic E-state index is -0.168. The number of carbonyl (C=O) groups is 1. The largest absolute Gasteiger partial charge is 0.378 e. The highest BCUT2D eigenvalue weighted by Crippen LogP contribution is 2.37. The van der Waals surface area contributed by atoms with E-state index in [0.29, 0.717) is 0 Å². The number of aryl methyl sites for hydroxylation is 1. The van der Waals surface area contributed by atoms with Crippen molar-refractivity contribution in [3.8, 4) is 0 Å². The van der Waals surface area contributed by atoms with Gasteiger partial charge in [0.1, 0.15) is 11.2 Å². The Morgan fingerprint density at radius 2 is 1.76 bits per heavy atom. The molecule has 0 spiro atoms. The number of hydrogen-bond acceptors (Lipinski definition) is 4. The zero-order valence-electron chi connectivity index (χ0n) is 12.7. The van der Waals surface area contributed by atoms with E-state index < -0.39 is 0 Å². The van der Waals surface area contributed by atoms with Gasteiger partial charge in [0.15, 0.2) is 0 Å². The normalized spacial score (nSPS) is 17.0. The van der Waals surface area contributed by atoms with Crippen molar-refractivity contribution in [2.75, 3.05) is 24.3 Å². The van der Waals surface area contributed by atoms with Crippen LogP contribution in [0.25, 0.3) is 0 Å². The molecule has 2 aromatic rings. The number of anilines is 2. The number of rotatable bonds is 2. The lowest BCUT2D eigenvalue weighted by atomic mass is 10.1. The quantitative estimate of drug-likeness (QED) is 0.894. The average Bonchev–Trinajstić information content (AvgIpc) is 2.74. The van der Waals surface area contributed by atoms with Crippen molar-refractivity contribution in [1.82, 2.24) is 5.32 Å². The lowest BCUT2D eigenvalue weighted by molar-refractivity contribution is 0.0936. The highest BCUT2D eigenvalue weighted by Gasteiger charge is 2.28. The van der Waals surface area contributed by atoms with Gasteiger partial charge in [-0.1, -0.05) is 12.1 Å². The molecule has 1 amide bonds. The second-order valence-electron chi connectivity index (χ2n) is 5.52. The van der Waals surface area contributed by atoms with Crippen molar-refractivity contribution >= 4 is 27.9 Å². The predicted molar refractivity (Wildman–Crippen MR) is 88.4 cm³/mol. The van der Waals surface area contributed by atoms with Crippen LogP contribution < -0.4 is 15.5 Å². The first kappa shape index (κ1) is 13.9. The van der Waals surface area contributed by atoms with Crippen LogP contribution in [0.1, 0.15) is 32.5 Å². The fraction of sp³-hybridized carbons (Fsp3) is 0.312. The Kier molecular flexibility index (Phi) is 3.37. The molecule has 5 heteroatoms. The first-order chi connectivity index (χ1) is 9.97. The Morgan fingerprint density at radius 1 is 1.10 bits per heavy atom. The van der Waals surface area contributed by atoms with Gasteiger partial charge in [-0.15, -0.1) is 11.3 Å². The molecule has 1 aromatic heterocycles. The van der Waals surface area contributed by atoms with Gasteiger partial charge in [0.2, 0.25) is 0 Å². The van der Waals surface area contributed by atoms with Crippen LogP contribution in [-0.4, -0.2) is 20.0 Å². The molecule has 1 atom stereocenters. The Labute approximate surface area is 128 Å². The van der Waals surface area contributed by atoms with Crippen LogP contribution in [0, 0.1) is 13.8 Å². The maximum atomic E-state index is 12.3. The Hall–Kier alpha value is -2.01. The van der Waals surface area contributed by atoms with E-state index >= 15 is 0 Å². The van der Waals surface area contributed by atoms with Crippen LogP contribution in [0.15, 0.2) is 24.3 Å². The maximum Gasteiger partial charge on any atom is 0.256 e. The summed E-state index contributed by atoms with van der Waals surface area (Å²) in [4.78, 5) is 15.6. The SMILES string of the molecule is Cc1sc2c(c1C)C(=O)N[C@@H](c1ccc(N(C)C)cc1)N2. The lowest BCUT2D eigenvalue weighted by Gasteiger charge is -2.26. The number of amides is 1. The summed E-state index contributed by atoms with van der Waals surface area (Å²) in [7, 11) is 4.03. The van der Waals surface area contributed by atoms with Crippen molar-refractivity contribution in [2.24, 2.45) is 0 Å². The zero-order chi connectivity index (χ0) is 15.1. The third kappa shape index (κ3) is 2.38. The third-order valence-corrected chi connectivity index (χ3v) is 5.04. The highest BCUT2D eigenvalue weighted by molar-refractivity contribution is 7.16. The Balaban J connectivity index is 1.90. The standard InChI is InChI=1S/C16H19N3OS/c1-9-10(2)21-16-13(9)15(20)17-14(18-16)11-5-7-12(8-6-11)19(3)4/h5-8,14,18H,1-4H3,(H,17,20)/t14-/m1/s1. The molecular formula is C16H19N3OS. The molecule has 0 saturated heterocycles. The number of nitrogens with zero attached hydrogens (tertiary/aromatic N) is 1. The van der Waals surface area contributed by atoms with E-state index in [0.717, 1.165) is 27.4 Å². The van der Waals surface area contributed by atoms with Crippen LogP contribution >= 0.6 is 11.3 Å².